The van der Waals surface area contributed by atoms with Gasteiger partial charge in [0, 0.05) is 18.6 Å². The molecule has 4 atom stereocenters. The summed E-state index contributed by atoms with van der Waals surface area (Å²) in [5, 5.41) is 0. The molecule has 1 aliphatic rings. The maximum Gasteiger partial charge on any atom is 0.123 e. The summed E-state index contributed by atoms with van der Waals surface area (Å²) in [6, 6.07) is 6.99. The lowest BCUT2D eigenvalue weighted by molar-refractivity contribution is 0.0850. The third-order valence-corrected chi connectivity index (χ3v) is 4.45. The standard InChI is InChI=1S/C16H25FN2/c1-11-7-8-19(10-12(11)2)16(13(3)18)14-5-4-6-15(17)9-14/h4-6,9,11-13,16H,7-8,10,18H2,1-3H3. The molecule has 0 spiro atoms. The molecule has 2 nitrogen and oxygen atoms in total. The zero-order valence-electron chi connectivity index (χ0n) is 12.1. The third-order valence-electron chi connectivity index (χ3n) is 4.45. The van der Waals surface area contributed by atoms with E-state index in [1.165, 1.54) is 12.5 Å². The highest BCUT2D eigenvalue weighted by Gasteiger charge is 2.30. The van der Waals surface area contributed by atoms with Gasteiger partial charge in [-0.3, -0.25) is 4.90 Å². The maximum absolute atomic E-state index is 13.4. The highest BCUT2D eigenvalue weighted by molar-refractivity contribution is 5.22. The first-order chi connectivity index (χ1) is 8.99. The summed E-state index contributed by atoms with van der Waals surface area (Å²) >= 11 is 0. The van der Waals surface area contributed by atoms with Crippen molar-refractivity contribution in [2.24, 2.45) is 17.6 Å². The van der Waals surface area contributed by atoms with E-state index in [9.17, 15) is 4.39 Å². The van der Waals surface area contributed by atoms with Crippen molar-refractivity contribution in [1.29, 1.82) is 0 Å². The number of rotatable bonds is 3. The molecule has 0 radical (unpaired) electrons. The first kappa shape index (κ1) is 14.5. The van der Waals surface area contributed by atoms with Gasteiger partial charge >= 0.3 is 0 Å². The van der Waals surface area contributed by atoms with Crippen LogP contribution < -0.4 is 5.73 Å². The fraction of sp³-hybridized carbons (Fsp3) is 0.625. The summed E-state index contributed by atoms with van der Waals surface area (Å²) in [5.41, 5.74) is 7.16. The number of likely N-dealkylation sites (tertiary alicyclic amines) is 1. The first-order valence-electron chi connectivity index (χ1n) is 7.24. The first-order valence-corrected chi connectivity index (χ1v) is 7.24. The molecule has 0 amide bonds. The Morgan fingerprint density at radius 2 is 2.05 bits per heavy atom. The number of piperidine rings is 1. The quantitative estimate of drug-likeness (QED) is 0.908. The molecule has 1 fully saturated rings. The molecule has 2 N–H and O–H groups in total. The maximum atomic E-state index is 13.4. The lowest BCUT2D eigenvalue weighted by Crippen LogP contribution is -2.46. The van der Waals surface area contributed by atoms with Crippen molar-refractivity contribution in [3.8, 4) is 0 Å². The van der Waals surface area contributed by atoms with Crippen molar-refractivity contribution in [3.63, 3.8) is 0 Å². The Hall–Kier alpha value is -0.930. The SMILES string of the molecule is CC(N)C(c1cccc(F)c1)N1CCC(C)C(C)C1. The van der Waals surface area contributed by atoms with Gasteiger partial charge in [0.1, 0.15) is 5.82 Å². The summed E-state index contributed by atoms with van der Waals surface area (Å²) < 4.78 is 13.4. The van der Waals surface area contributed by atoms with Crippen molar-refractivity contribution < 1.29 is 4.39 Å². The van der Waals surface area contributed by atoms with Gasteiger partial charge in [0.2, 0.25) is 0 Å². The van der Waals surface area contributed by atoms with Crippen molar-refractivity contribution >= 4 is 0 Å². The average molecular weight is 264 g/mol. The minimum Gasteiger partial charge on any atom is -0.326 e. The molecule has 3 heteroatoms. The minimum absolute atomic E-state index is 0.00223. The van der Waals surface area contributed by atoms with Crippen LogP contribution in [0.5, 0.6) is 0 Å². The molecule has 0 aromatic heterocycles. The third kappa shape index (κ3) is 3.34. The number of hydrogen-bond donors (Lipinski definition) is 1. The van der Waals surface area contributed by atoms with Gasteiger partial charge < -0.3 is 5.73 Å². The van der Waals surface area contributed by atoms with E-state index >= 15 is 0 Å². The predicted octanol–water partition coefficient (Wildman–Crippen LogP) is 3.19. The second-order valence-corrected chi connectivity index (χ2v) is 6.10. The summed E-state index contributed by atoms with van der Waals surface area (Å²) in [6.07, 6.45) is 1.19. The predicted molar refractivity (Wildman–Crippen MR) is 77.3 cm³/mol. The molecule has 4 unspecified atom stereocenters. The summed E-state index contributed by atoms with van der Waals surface area (Å²) in [5.74, 6) is 1.25. The fourth-order valence-corrected chi connectivity index (χ4v) is 3.09. The zero-order chi connectivity index (χ0) is 14.0. The van der Waals surface area contributed by atoms with Gasteiger partial charge in [-0.2, -0.15) is 0 Å². The second kappa shape index (κ2) is 6.02. The largest absolute Gasteiger partial charge is 0.326 e. The topological polar surface area (TPSA) is 29.3 Å². The van der Waals surface area contributed by atoms with Gasteiger partial charge in [0.05, 0.1) is 0 Å². The van der Waals surface area contributed by atoms with Gasteiger partial charge in [-0.05, 0) is 49.4 Å². The van der Waals surface area contributed by atoms with Crippen LogP contribution in [-0.2, 0) is 0 Å². The Bertz CT molecular complexity index is 419. The van der Waals surface area contributed by atoms with Crippen LogP contribution in [0.15, 0.2) is 24.3 Å². The number of halogens is 1. The minimum atomic E-state index is -0.179. The number of nitrogens with two attached hydrogens (primary N) is 1. The van der Waals surface area contributed by atoms with E-state index in [4.69, 9.17) is 5.73 Å². The van der Waals surface area contributed by atoms with Crippen LogP contribution >= 0.6 is 0 Å². The Kier molecular flexibility index (Phi) is 4.58. The average Bonchev–Trinajstić information content (AvgIpc) is 2.33. The van der Waals surface area contributed by atoms with Crippen LogP contribution in [-0.4, -0.2) is 24.0 Å². The van der Waals surface area contributed by atoms with Crippen LogP contribution in [0.25, 0.3) is 0 Å². The van der Waals surface area contributed by atoms with E-state index in [-0.39, 0.29) is 17.9 Å². The molecule has 19 heavy (non-hydrogen) atoms. The van der Waals surface area contributed by atoms with Crippen LogP contribution in [0.1, 0.15) is 38.8 Å². The van der Waals surface area contributed by atoms with E-state index in [1.807, 2.05) is 13.0 Å². The van der Waals surface area contributed by atoms with Crippen LogP contribution in [0.3, 0.4) is 0 Å². The van der Waals surface area contributed by atoms with Gasteiger partial charge in [-0.1, -0.05) is 26.0 Å². The molecular weight excluding hydrogens is 239 g/mol. The lowest BCUT2D eigenvalue weighted by Gasteiger charge is -2.42. The molecule has 1 heterocycles. The molecule has 1 aromatic carbocycles. The highest BCUT2D eigenvalue weighted by Crippen LogP contribution is 2.31. The molecule has 1 aromatic rings. The number of nitrogens with zero attached hydrogens (tertiary/aromatic N) is 1. The second-order valence-electron chi connectivity index (χ2n) is 6.10. The molecule has 0 bridgehead atoms. The molecule has 106 valence electrons. The monoisotopic (exact) mass is 264 g/mol. The fourth-order valence-electron chi connectivity index (χ4n) is 3.09. The Balaban J connectivity index is 2.21. The Labute approximate surface area is 115 Å². The van der Waals surface area contributed by atoms with Crippen LogP contribution in [0, 0.1) is 17.7 Å². The van der Waals surface area contributed by atoms with Crippen LogP contribution in [0.2, 0.25) is 0 Å². The van der Waals surface area contributed by atoms with Crippen molar-refractivity contribution in [1.82, 2.24) is 4.90 Å². The summed E-state index contributed by atoms with van der Waals surface area (Å²) in [7, 11) is 0. The smallest absolute Gasteiger partial charge is 0.123 e. The van der Waals surface area contributed by atoms with Gasteiger partial charge in [-0.15, -0.1) is 0 Å². The Morgan fingerprint density at radius 3 is 2.63 bits per heavy atom. The van der Waals surface area contributed by atoms with Crippen molar-refractivity contribution in [3.05, 3.63) is 35.6 Å². The molecule has 2 rings (SSSR count). The molecular formula is C16H25FN2. The van der Waals surface area contributed by atoms with Crippen LogP contribution in [0.4, 0.5) is 4.39 Å². The molecule has 1 aliphatic heterocycles. The summed E-state index contributed by atoms with van der Waals surface area (Å²) in [6.45, 7) is 8.71. The molecule has 0 saturated carbocycles. The van der Waals surface area contributed by atoms with E-state index < -0.39 is 0 Å². The Morgan fingerprint density at radius 1 is 1.32 bits per heavy atom. The van der Waals surface area contributed by atoms with E-state index in [0.29, 0.717) is 5.92 Å². The normalized spacial score (nSPS) is 28.1. The van der Waals surface area contributed by atoms with E-state index in [0.717, 1.165) is 24.6 Å². The number of hydrogen-bond acceptors (Lipinski definition) is 2. The zero-order valence-corrected chi connectivity index (χ0v) is 12.1. The van der Waals surface area contributed by atoms with E-state index in [2.05, 4.69) is 18.7 Å². The highest BCUT2D eigenvalue weighted by atomic mass is 19.1. The lowest BCUT2D eigenvalue weighted by atomic mass is 9.86. The summed E-state index contributed by atoms with van der Waals surface area (Å²) in [4.78, 5) is 2.42. The van der Waals surface area contributed by atoms with E-state index in [1.54, 1.807) is 12.1 Å². The molecule has 1 saturated heterocycles. The number of benzene rings is 1. The van der Waals surface area contributed by atoms with Gasteiger partial charge in [-0.25, -0.2) is 4.39 Å². The van der Waals surface area contributed by atoms with Crippen molar-refractivity contribution in [2.75, 3.05) is 13.1 Å². The van der Waals surface area contributed by atoms with Crippen molar-refractivity contribution in [2.45, 2.75) is 39.3 Å². The molecule has 0 aliphatic carbocycles. The van der Waals surface area contributed by atoms with Gasteiger partial charge in [0.25, 0.3) is 0 Å². The van der Waals surface area contributed by atoms with Gasteiger partial charge in [0.15, 0.2) is 0 Å².